The van der Waals surface area contributed by atoms with Gasteiger partial charge in [0.2, 0.25) is 0 Å². The molecule has 1 N–H and O–H groups in total. The largest absolute Gasteiger partial charge is 0.481 e. The third kappa shape index (κ3) is 3.81. The molecule has 1 aliphatic rings. The van der Waals surface area contributed by atoms with Gasteiger partial charge in [-0.3, -0.25) is 9.59 Å². The second-order valence-corrected chi connectivity index (χ2v) is 5.79. The number of aliphatic carboxylic acids is 1. The van der Waals surface area contributed by atoms with Crippen LogP contribution in [0.3, 0.4) is 0 Å². The van der Waals surface area contributed by atoms with Gasteiger partial charge in [-0.15, -0.1) is 0 Å². The molecule has 0 saturated carbocycles. The number of carboxylic acids is 1. The fourth-order valence-corrected chi connectivity index (χ4v) is 2.84. The summed E-state index contributed by atoms with van der Waals surface area (Å²) in [5.41, 5.74) is 2.76. The first-order valence-corrected chi connectivity index (χ1v) is 7.91. The fraction of sp³-hybridized carbons (Fsp3) is 0.263. The summed E-state index contributed by atoms with van der Waals surface area (Å²) in [6, 6.07) is 17.4. The van der Waals surface area contributed by atoms with Crippen LogP contribution < -0.4 is 0 Å². The van der Waals surface area contributed by atoms with Gasteiger partial charge in [0.15, 0.2) is 0 Å². The lowest BCUT2D eigenvalue weighted by Gasteiger charge is -2.32. The Morgan fingerprint density at radius 2 is 1.71 bits per heavy atom. The van der Waals surface area contributed by atoms with Crippen molar-refractivity contribution in [2.75, 3.05) is 19.7 Å². The van der Waals surface area contributed by atoms with Gasteiger partial charge in [-0.05, 0) is 23.3 Å². The Hall–Kier alpha value is -2.66. The van der Waals surface area contributed by atoms with Crippen molar-refractivity contribution in [3.63, 3.8) is 0 Å². The van der Waals surface area contributed by atoms with E-state index in [4.69, 9.17) is 9.84 Å². The topological polar surface area (TPSA) is 66.8 Å². The van der Waals surface area contributed by atoms with Gasteiger partial charge in [0.05, 0.1) is 19.1 Å². The summed E-state index contributed by atoms with van der Waals surface area (Å²) in [5, 5.41) is 8.86. The molecule has 124 valence electrons. The summed E-state index contributed by atoms with van der Waals surface area (Å²) in [6.07, 6.45) is -0.528. The number of amides is 1. The maximum absolute atomic E-state index is 12.6. The van der Waals surface area contributed by atoms with Crippen LogP contribution in [-0.4, -0.2) is 47.7 Å². The molecule has 0 spiro atoms. The van der Waals surface area contributed by atoms with E-state index in [1.165, 1.54) is 0 Å². The summed E-state index contributed by atoms with van der Waals surface area (Å²) in [4.78, 5) is 25.1. The standard InChI is InChI=1S/C19H19NO4/c21-18(22)12-17-13-20(10-11-24-17)19(23)16-8-6-15(7-9-16)14-4-2-1-3-5-14/h1-9,17H,10-13H2,(H,21,22)/t17-/m1/s1. The maximum atomic E-state index is 12.6. The minimum Gasteiger partial charge on any atom is -0.481 e. The monoisotopic (exact) mass is 325 g/mol. The molecule has 1 atom stereocenters. The molecule has 1 heterocycles. The Labute approximate surface area is 140 Å². The molecule has 3 rings (SSSR count). The highest BCUT2D eigenvalue weighted by Gasteiger charge is 2.26. The maximum Gasteiger partial charge on any atom is 0.306 e. The number of ether oxygens (including phenoxy) is 1. The molecule has 5 heteroatoms. The van der Waals surface area contributed by atoms with Gasteiger partial charge >= 0.3 is 5.97 Å². The lowest BCUT2D eigenvalue weighted by Crippen LogP contribution is -2.46. The minimum atomic E-state index is -0.915. The molecule has 0 aliphatic carbocycles. The summed E-state index contributed by atoms with van der Waals surface area (Å²) in [6.45, 7) is 1.16. The van der Waals surface area contributed by atoms with E-state index in [-0.39, 0.29) is 12.3 Å². The lowest BCUT2D eigenvalue weighted by atomic mass is 10.0. The van der Waals surface area contributed by atoms with Crippen molar-refractivity contribution in [1.29, 1.82) is 0 Å². The first-order valence-electron chi connectivity index (χ1n) is 7.91. The van der Waals surface area contributed by atoms with Gasteiger partial charge in [-0.1, -0.05) is 42.5 Å². The van der Waals surface area contributed by atoms with Crippen LogP contribution in [-0.2, 0) is 9.53 Å². The van der Waals surface area contributed by atoms with E-state index in [9.17, 15) is 9.59 Å². The Morgan fingerprint density at radius 3 is 2.38 bits per heavy atom. The third-order valence-corrected chi connectivity index (χ3v) is 4.07. The molecule has 1 saturated heterocycles. The third-order valence-electron chi connectivity index (χ3n) is 4.07. The number of hydrogen-bond donors (Lipinski definition) is 1. The van der Waals surface area contributed by atoms with Crippen LogP contribution in [0.1, 0.15) is 16.8 Å². The Balaban J connectivity index is 1.70. The summed E-state index contributed by atoms with van der Waals surface area (Å²) in [5.74, 6) is -1.00. The Bertz CT molecular complexity index is 712. The number of benzene rings is 2. The van der Waals surface area contributed by atoms with Crippen molar-refractivity contribution < 1.29 is 19.4 Å². The highest BCUT2D eigenvalue weighted by molar-refractivity contribution is 5.94. The van der Waals surface area contributed by atoms with Crippen molar-refractivity contribution >= 4 is 11.9 Å². The van der Waals surface area contributed by atoms with Crippen molar-refractivity contribution in [2.45, 2.75) is 12.5 Å². The molecule has 1 amide bonds. The molecule has 1 fully saturated rings. The number of morpholine rings is 1. The van der Waals surface area contributed by atoms with Crippen LogP contribution in [0.15, 0.2) is 54.6 Å². The quantitative estimate of drug-likeness (QED) is 0.938. The van der Waals surface area contributed by atoms with E-state index < -0.39 is 12.1 Å². The zero-order valence-corrected chi connectivity index (χ0v) is 13.2. The molecule has 1 aliphatic heterocycles. The molecule has 24 heavy (non-hydrogen) atoms. The Morgan fingerprint density at radius 1 is 1.04 bits per heavy atom. The zero-order chi connectivity index (χ0) is 16.9. The second-order valence-electron chi connectivity index (χ2n) is 5.79. The highest BCUT2D eigenvalue weighted by atomic mass is 16.5. The zero-order valence-electron chi connectivity index (χ0n) is 13.2. The molecule has 2 aromatic carbocycles. The average molecular weight is 325 g/mol. The molecule has 0 bridgehead atoms. The molecule has 0 aromatic heterocycles. The van der Waals surface area contributed by atoms with Gasteiger partial charge < -0.3 is 14.7 Å². The SMILES string of the molecule is O=C(O)C[C@@H]1CN(C(=O)c2ccc(-c3ccccc3)cc2)CCO1. The van der Waals surface area contributed by atoms with Gasteiger partial charge in [0, 0.05) is 18.7 Å². The van der Waals surface area contributed by atoms with Gasteiger partial charge in [0.1, 0.15) is 0 Å². The average Bonchev–Trinajstić information content (AvgIpc) is 2.62. The normalized spacial score (nSPS) is 17.5. The van der Waals surface area contributed by atoms with E-state index in [1.807, 2.05) is 54.6 Å². The second kappa shape index (κ2) is 7.27. The smallest absolute Gasteiger partial charge is 0.306 e. The van der Waals surface area contributed by atoms with Crippen LogP contribution in [0.5, 0.6) is 0 Å². The van der Waals surface area contributed by atoms with E-state index in [0.717, 1.165) is 11.1 Å². The number of nitrogens with zero attached hydrogens (tertiary/aromatic N) is 1. The molecular weight excluding hydrogens is 306 g/mol. The fourth-order valence-electron chi connectivity index (χ4n) is 2.84. The number of carbonyl (C=O) groups excluding carboxylic acids is 1. The molecule has 5 nitrogen and oxygen atoms in total. The predicted octanol–water partition coefficient (Wildman–Crippen LogP) is 2.67. The van der Waals surface area contributed by atoms with Crippen molar-refractivity contribution in [1.82, 2.24) is 4.90 Å². The van der Waals surface area contributed by atoms with E-state index in [0.29, 0.717) is 25.3 Å². The van der Waals surface area contributed by atoms with Crippen molar-refractivity contribution in [3.05, 3.63) is 60.2 Å². The minimum absolute atomic E-state index is 0.0866. The van der Waals surface area contributed by atoms with Gasteiger partial charge in [-0.25, -0.2) is 0 Å². The molecular formula is C19H19NO4. The summed E-state index contributed by atoms with van der Waals surface area (Å²) >= 11 is 0. The Kier molecular flexibility index (Phi) is 4.91. The van der Waals surface area contributed by atoms with Gasteiger partial charge in [0.25, 0.3) is 5.91 Å². The van der Waals surface area contributed by atoms with Crippen molar-refractivity contribution in [2.24, 2.45) is 0 Å². The van der Waals surface area contributed by atoms with Gasteiger partial charge in [-0.2, -0.15) is 0 Å². The van der Waals surface area contributed by atoms with E-state index >= 15 is 0 Å². The predicted molar refractivity (Wildman–Crippen MR) is 89.8 cm³/mol. The first-order chi connectivity index (χ1) is 11.6. The molecule has 0 unspecified atom stereocenters. The summed E-state index contributed by atoms with van der Waals surface area (Å²) in [7, 11) is 0. The molecule has 0 radical (unpaired) electrons. The van der Waals surface area contributed by atoms with E-state index in [1.54, 1.807) is 4.90 Å². The number of hydrogen-bond acceptors (Lipinski definition) is 3. The van der Waals surface area contributed by atoms with Crippen molar-refractivity contribution in [3.8, 4) is 11.1 Å². The lowest BCUT2D eigenvalue weighted by molar-refractivity contribution is -0.141. The van der Waals surface area contributed by atoms with Crippen LogP contribution in [0, 0.1) is 0 Å². The number of carboxylic acid groups (broad SMARTS) is 1. The van der Waals surface area contributed by atoms with Crippen LogP contribution in [0.2, 0.25) is 0 Å². The first kappa shape index (κ1) is 16.2. The summed E-state index contributed by atoms with van der Waals surface area (Å²) < 4.78 is 5.41. The highest BCUT2D eigenvalue weighted by Crippen LogP contribution is 2.20. The molecule has 2 aromatic rings. The van der Waals surface area contributed by atoms with Crippen LogP contribution in [0.4, 0.5) is 0 Å². The number of carbonyl (C=O) groups is 2. The number of rotatable bonds is 4. The van der Waals surface area contributed by atoms with Crippen LogP contribution >= 0.6 is 0 Å². The van der Waals surface area contributed by atoms with Crippen LogP contribution in [0.25, 0.3) is 11.1 Å². The van der Waals surface area contributed by atoms with E-state index in [2.05, 4.69) is 0 Å².